The molecule has 2 nitrogen and oxygen atoms in total. The molecular formula is C16H17ClINO. The Hall–Kier alpha value is -0.780. The van der Waals surface area contributed by atoms with Crippen LogP contribution >= 0.6 is 34.2 Å². The van der Waals surface area contributed by atoms with Crippen molar-refractivity contribution in [3.8, 4) is 5.75 Å². The van der Waals surface area contributed by atoms with Gasteiger partial charge in [0.1, 0.15) is 5.75 Å². The molecule has 0 heterocycles. The number of nitrogens with two attached hydrogens (primary N) is 1. The topological polar surface area (TPSA) is 35.2 Å². The summed E-state index contributed by atoms with van der Waals surface area (Å²) in [7, 11) is 0. The second kappa shape index (κ2) is 6.78. The van der Waals surface area contributed by atoms with E-state index >= 15 is 0 Å². The molecule has 0 bridgehead atoms. The molecule has 0 amide bonds. The Morgan fingerprint density at radius 2 is 1.75 bits per heavy atom. The van der Waals surface area contributed by atoms with Gasteiger partial charge in [0.05, 0.1) is 12.1 Å². The number of benzene rings is 2. The molecular weight excluding hydrogens is 385 g/mol. The highest BCUT2D eigenvalue weighted by molar-refractivity contribution is 14.1. The summed E-state index contributed by atoms with van der Waals surface area (Å²) >= 11 is 8.33. The minimum atomic E-state index is -0.186. The minimum absolute atomic E-state index is 0.170. The van der Waals surface area contributed by atoms with Crippen LogP contribution in [0.2, 0.25) is 5.02 Å². The van der Waals surface area contributed by atoms with Gasteiger partial charge < -0.3 is 10.5 Å². The summed E-state index contributed by atoms with van der Waals surface area (Å²) in [4.78, 5) is 0. The molecule has 1 atom stereocenters. The Bertz CT molecular complexity index is 584. The fourth-order valence-corrected chi connectivity index (χ4v) is 2.81. The smallest absolute Gasteiger partial charge is 0.119 e. The van der Waals surface area contributed by atoms with Gasteiger partial charge in [0.15, 0.2) is 0 Å². The van der Waals surface area contributed by atoms with E-state index in [9.17, 15) is 0 Å². The third-order valence-electron chi connectivity index (χ3n) is 2.90. The van der Waals surface area contributed by atoms with Gasteiger partial charge in [-0.25, -0.2) is 0 Å². The lowest BCUT2D eigenvalue weighted by atomic mass is 10.00. The van der Waals surface area contributed by atoms with Crippen LogP contribution in [-0.2, 0) is 0 Å². The maximum Gasteiger partial charge on any atom is 0.119 e. The van der Waals surface area contributed by atoms with Gasteiger partial charge in [-0.1, -0.05) is 23.7 Å². The number of halogens is 2. The van der Waals surface area contributed by atoms with Crippen LogP contribution in [-0.4, -0.2) is 6.10 Å². The Labute approximate surface area is 138 Å². The summed E-state index contributed by atoms with van der Waals surface area (Å²) in [6.45, 7) is 4.02. The first kappa shape index (κ1) is 15.6. The molecule has 106 valence electrons. The van der Waals surface area contributed by atoms with Crippen LogP contribution in [0.15, 0.2) is 42.5 Å². The summed E-state index contributed by atoms with van der Waals surface area (Å²) in [6, 6.07) is 13.5. The molecule has 1 unspecified atom stereocenters. The van der Waals surface area contributed by atoms with Gasteiger partial charge in [0.2, 0.25) is 0 Å². The molecule has 0 radical (unpaired) electrons. The molecule has 2 N–H and O–H groups in total. The number of ether oxygens (including phenoxy) is 1. The SMILES string of the molecule is CC(C)Oc1ccc(C(N)c2cc(Cl)ccc2I)cc1. The van der Waals surface area contributed by atoms with Gasteiger partial charge >= 0.3 is 0 Å². The van der Waals surface area contributed by atoms with Gasteiger partial charge in [0.25, 0.3) is 0 Å². The number of hydrogen-bond acceptors (Lipinski definition) is 2. The largest absolute Gasteiger partial charge is 0.491 e. The first-order chi connectivity index (χ1) is 9.47. The molecule has 0 aromatic heterocycles. The number of rotatable bonds is 4. The standard InChI is InChI=1S/C16H17ClINO/c1-10(2)20-13-6-3-11(4-7-13)16(19)14-9-12(17)5-8-15(14)18/h3-10,16H,19H2,1-2H3. The normalized spacial score (nSPS) is 12.5. The van der Waals surface area contributed by atoms with Gasteiger partial charge in [-0.3, -0.25) is 0 Å². The molecule has 0 fully saturated rings. The van der Waals surface area contributed by atoms with Crippen LogP contribution in [0.25, 0.3) is 0 Å². The van der Waals surface area contributed by atoms with Crippen LogP contribution in [0.5, 0.6) is 5.75 Å². The molecule has 0 aliphatic rings. The van der Waals surface area contributed by atoms with Crippen molar-refractivity contribution in [3.05, 3.63) is 62.2 Å². The van der Waals surface area contributed by atoms with Crippen molar-refractivity contribution >= 4 is 34.2 Å². The zero-order valence-corrected chi connectivity index (χ0v) is 14.4. The molecule has 0 spiro atoms. The Balaban J connectivity index is 2.24. The zero-order chi connectivity index (χ0) is 14.7. The van der Waals surface area contributed by atoms with E-state index in [0.29, 0.717) is 5.02 Å². The van der Waals surface area contributed by atoms with Crippen molar-refractivity contribution in [2.24, 2.45) is 5.73 Å². The Kier molecular flexibility index (Phi) is 5.29. The average Bonchev–Trinajstić information content (AvgIpc) is 2.41. The van der Waals surface area contributed by atoms with Gasteiger partial charge in [-0.05, 0) is 77.9 Å². The van der Waals surface area contributed by atoms with E-state index in [0.717, 1.165) is 20.4 Å². The second-order valence-electron chi connectivity index (χ2n) is 4.88. The first-order valence-electron chi connectivity index (χ1n) is 6.44. The molecule has 2 aromatic rings. The fourth-order valence-electron chi connectivity index (χ4n) is 1.96. The van der Waals surface area contributed by atoms with E-state index in [1.165, 1.54) is 0 Å². The first-order valence-corrected chi connectivity index (χ1v) is 7.90. The molecule has 4 heteroatoms. The van der Waals surface area contributed by atoms with E-state index in [1.807, 2.05) is 56.3 Å². The van der Waals surface area contributed by atoms with Crippen molar-refractivity contribution in [3.63, 3.8) is 0 Å². The summed E-state index contributed by atoms with van der Waals surface area (Å²) in [5, 5.41) is 0.704. The summed E-state index contributed by atoms with van der Waals surface area (Å²) in [5.74, 6) is 0.858. The van der Waals surface area contributed by atoms with E-state index < -0.39 is 0 Å². The monoisotopic (exact) mass is 401 g/mol. The lowest BCUT2D eigenvalue weighted by Crippen LogP contribution is -2.13. The lowest BCUT2D eigenvalue weighted by Gasteiger charge is -2.16. The third kappa shape index (κ3) is 3.87. The molecule has 2 rings (SSSR count). The predicted octanol–water partition coefficient (Wildman–Crippen LogP) is 4.78. The van der Waals surface area contributed by atoms with Crippen LogP contribution in [0, 0.1) is 3.57 Å². The minimum Gasteiger partial charge on any atom is -0.491 e. The van der Waals surface area contributed by atoms with Gasteiger partial charge in [-0.15, -0.1) is 0 Å². The van der Waals surface area contributed by atoms with Gasteiger partial charge in [-0.2, -0.15) is 0 Å². The molecule has 2 aromatic carbocycles. The second-order valence-corrected chi connectivity index (χ2v) is 6.48. The maximum atomic E-state index is 6.33. The zero-order valence-electron chi connectivity index (χ0n) is 11.4. The van der Waals surface area contributed by atoms with E-state index in [2.05, 4.69) is 22.6 Å². The van der Waals surface area contributed by atoms with Crippen molar-refractivity contribution in [2.45, 2.75) is 26.0 Å². The van der Waals surface area contributed by atoms with Crippen molar-refractivity contribution in [1.29, 1.82) is 0 Å². The van der Waals surface area contributed by atoms with Crippen LogP contribution < -0.4 is 10.5 Å². The molecule has 0 aliphatic carbocycles. The molecule has 20 heavy (non-hydrogen) atoms. The van der Waals surface area contributed by atoms with Crippen LogP contribution in [0.4, 0.5) is 0 Å². The van der Waals surface area contributed by atoms with E-state index in [1.54, 1.807) is 0 Å². The summed E-state index contributed by atoms with van der Waals surface area (Å²) in [5.41, 5.74) is 8.41. The van der Waals surface area contributed by atoms with Crippen molar-refractivity contribution < 1.29 is 4.74 Å². The van der Waals surface area contributed by atoms with Crippen LogP contribution in [0.1, 0.15) is 31.0 Å². The highest BCUT2D eigenvalue weighted by Crippen LogP contribution is 2.28. The van der Waals surface area contributed by atoms with E-state index in [4.69, 9.17) is 22.1 Å². The van der Waals surface area contributed by atoms with Crippen molar-refractivity contribution in [1.82, 2.24) is 0 Å². The Morgan fingerprint density at radius 3 is 2.35 bits per heavy atom. The quantitative estimate of drug-likeness (QED) is 0.748. The highest BCUT2D eigenvalue weighted by Gasteiger charge is 2.13. The van der Waals surface area contributed by atoms with Crippen molar-refractivity contribution in [2.75, 3.05) is 0 Å². The number of hydrogen-bond donors (Lipinski definition) is 1. The summed E-state index contributed by atoms with van der Waals surface area (Å²) < 4.78 is 6.75. The molecule has 0 saturated carbocycles. The van der Waals surface area contributed by atoms with E-state index in [-0.39, 0.29) is 12.1 Å². The highest BCUT2D eigenvalue weighted by atomic mass is 127. The Morgan fingerprint density at radius 1 is 1.10 bits per heavy atom. The predicted molar refractivity (Wildman–Crippen MR) is 92.4 cm³/mol. The molecule has 0 saturated heterocycles. The lowest BCUT2D eigenvalue weighted by molar-refractivity contribution is 0.242. The van der Waals surface area contributed by atoms with Crippen LogP contribution in [0.3, 0.4) is 0 Å². The maximum absolute atomic E-state index is 6.33. The average molecular weight is 402 g/mol. The fraction of sp³-hybridized carbons (Fsp3) is 0.250. The molecule has 0 aliphatic heterocycles. The third-order valence-corrected chi connectivity index (χ3v) is 4.12. The van der Waals surface area contributed by atoms with Gasteiger partial charge in [0, 0.05) is 8.59 Å². The summed E-state index contributed by atoms with van der Waals surface area (Å²) in [6.07, 6.45) is 0.170.